The molecule has 3 aromatic carbocycles. The van der Waals surface area contributed by atoms with Crippen LogP contribution in [0.4, 0.5) is 5.69 Å². The molecule has 5 rings (SSSR count). The molecule has 12 heteroatoms. The second-order valence-electron chi connectivity index (χ2n) is 10.7. The van der Waals surface area contributed by atoms with Gasteiger partial charge in [-0.25, -0.2) is 9.79 Å². The van der Waals surface area contributed by atoms with Gasteiger partial charge in [-0.1, -0.05) is 29.5 Å². The van der Waals surface area contributed by atoms with Gasteiger partial charge < -0.3 is 18.9 Å². The van der Waals surface area contributed by atoms with Crippen LogP contribution in [0.25, 0.3) is 6.08 Å². The zero-order valence-electron chi connectivity index (χ0n) is 26.0. The summed E-state index contributed by atoms with van der Waals surface area (Å²) in [6, 6.07) is 17.9. The van der Waals surface area contributed by atoms with E-state index in [1.165, 1.54) is 35.1 Å². The highest BCUT2D eigenvalue weighted by molar-refractivity contribution is 7.07. The molecule has 4 aromatic rings. The first-order valence-corrected chi connectivity index (χ1v) is 15.4. The quantitative estimate of drug-likeness (QED) is 0.126. The highest BCUT2D eigenvalue weighted by atomic mass is 32.1. The summed E-state index contributed by atoms with van der Waals surface area (Å²) in [7, 11) is 1.54. The lowest BCUT2D eigenvalue weighted by Gasteiger charge is -2.25. The number of non-ortho nitro benzene ring substituents is 1. The highest BCUT2D eigenvalue weighted by Crippen LogP contribution is 2.36. The van der Waals surface area contributed by atoms with Crippen molar-refractivity contribution in [2.24, 2.45) is 4.99 Å². The number of esters is 1. The topological polar surface area (TPSA) is 131 Å². The van der Waals surface area contributed by atoms with Gasteiger partial charge in [0, 0.05) is 12.1 Å². The second-order valence-corrected chi connectivity index (χ2v) is 11.7. The maximum atomic E-state index is 14.0. The minimum Gasteiger partial charge on any atom is -0.493 e. The first-order chi connectivity index (χ1) is 22.1. The van der Waals surface area contributed by atoms with Crippen molar-refractivity contribution in [2.75, 3.05) is 13.7 Å². The molecule has 0 amide bonds. The fourth-order valence-electron chi connectivity index (χ4n) is 5.04. The molecule has 0 unspecified atom stereocenters. The summed E-state index contributed by atoms with van der Waals surface area (Å²) in [4.78, 5) is 42.9. The zero-order chi connectivity index (χ0) is 33.0. The SMILES string of the molecule is CCOC(=O)C1=C(C)N=c2s/c(=C/c3cccc(OCc4ccc([N+](=O)[O-])cc4)c3)c(=O)n2[C@H]1c1ccc(OC(C)C)c(OC)c1. The Hall–Kier alpha value is -5.23. The lowest BCUT2D eigenvalue weighted by Crippen LogP contribution is -2.40. The molecule has 0 radical (unpaired) electrons. The van der Waals surface area contributed by atoms with Gasteiger partial charge in [-0.2, -0.15) is 0 Å². The van der Waals surface area contributed by atoms with Gasteiger partial charge in [0.25, 0.3) is 11.2 Å². The molecule has 46 heavy (non-hydrogen) atoms. The second kappa shape index (κ2) is 13.8. The summed E-state index contributed by atoms with van der Waals surface area (Å²) in [6.45, 7) is 7.66. The van der Waals surface area contributed by atoms with Gasteiger partial charge in [-0.3, -0.25) is 19.5 Å². The van der Waals surface area contributed by atoms with Gasteiger partial charge >= 0.3 is 5.97 Å². The fourth-order valence-corrected chi connectivity index (χ4v) is 6.09. The van der Waals surface area contributed by atoms with Gasteiger partial charge in [-0.05, 0) is 86.9 Å². The van der Waals surface area contributed by atoms with Crippen LogP contribution in [0.5, 0.6) is 17.2 Å². The van der Waals surface area contributed by atoms with Gasteiger partial charge in [0.1, 0.15) is 12.4 Å². The van der Waals surface area contributed by atoms with E-state index in [-0.39, 0.29) is 36.1 Å². The number of fused-ring (bicyclic) bond motifs is 1. The molecule has 238 valence electrons. The van der Waals surface area contributed by atoms with E-state index in [0.29, 0.717) is 37.8 Å². The summed E-state index contributed by atoms with van der Waals surface area (Å²) in [6.07, 6.45) is 1.67. The van der Waals surface area contributed by atoms with E-state index in [9.17, 15) is 19.7 Å². The molecule has 0 fully saturated rings. The summed E-state index contributed by atoms with van der Waals surface area (Å²) < 4.78 is 24.8. The van der Waals surface area contributed by atoms with Gasteiger partial charge in [0.15, 0.2) is 16.3 Å². The van der Waals surface area contributed by atoms with E-state index in [1.54, 1.807) is 56.3 Å². The van der Waals surface area contributed by atoms with Gasteiger partial charge in [0.05, 0.1) is 46.6 Å². The lowest BCUT2D eigenvalue weighted by atomic mass is 9.95. The first-order valence-electron chi connectivity index (χ1n) is 14.6. The van der Waals surface area contributed by atoms with Crippen molar-refractivity contribution >= 4 is 29.1 Å². The third-order valence-electron chi connectivity index (χ3n) is 7.09. The number of nitro benzene ring substituents is 1. The van der Waals surface area contributed by atoms with Crippen molar-refractivity contribution in [3.8, 4) is 17.2 Å². The predicted molar refractivity (Wildman–Crippen MR) is 173 cm³/mol. The van der Waals surface area contributed by atoms with Crippen molar-refractivity contribution in [2.45, 2.75) is 46.4 Å². The minimum atomic E-state index is -0.809. The fraction of sp³-hybridized carbons (Fsp3) is 0.265. The number of aromatic nitrogens is 1. The largest absolute Gasteiger partial charge is 0.493 e. The molecular weight excluding hydrogens is 610 g/mol. The Morgan fingerprint density at radius 3 is 2.54 bits per heavy atom. The number of rotatable bonds is 11. The van der Waals surface area contributed by atoms with Crippen LogP contribution in [-0.2, 0) is 16.1 Å². The van der Waals surface area contributed by atoms with Crippen molar-refractivity contribution < 1.29 is 28.7 Å². The molecule has 1 atom stereocenters. The van der Waals surface area contributed by atoms with Crippen LogP contribution >= 0.6 is 11.3 Å². The number of hydrogen-bond donors (Lipinski definition) is 0. The minimum absolute atomic E-state index is 0.00955. The Morgan fingerprint density at radius 2 is 1.87 bits per heavy atom. The smallest absolute Gasteiger partial charge is 0.338 e. The van der Waals surface area contributed by atoms with Crippen LogP contribution in [0.1, 0.15) is 50.4 Å². The first kappa shape index (κ1) is 32.2. The number of nitro groups is 1. The summed E-state index contributed by atoms with van der Waals surface area (Å²) in [5.41, 5.74) is 2.55. The molecule has 0 N–H and O–H groups in total. The lowest BCUT2D eigenvalue weighted by molar-refractivity contribution is -0.384. The average Bonchev–Trinajstić information content (AvgIpc) is 3.33. The normalized spacial score (nSPS) is 14.5. The summed E-state index contributed by atoms with van der Waals surface area (Å²) in [5, 5.41) is 10.9. The number of thiazole rings is 1. The van der Waals surface area contributed by atoms with E-state index in [2.05, 4.69) is 4.99 Å². The molecule has 0 spiro atoms. The maximum absolute atomic E-state index is 14.0. The Labute approximate surface area is 268 Å². The number of carbonyl (C=O) groups is 1. The number of allylic oxidation sites excluding steroid dienone is 1. The van der Waals surface area contributed by atoms with Gasteiger partial charge in [-0.15, -0.1) is 0 Å². The highest BCUT2D eigenvalue weighted by Gasteiger charge is 2.34. The van der Waals surface area contributed by atoms with Crippen LogP contribution in [0, 0.1) is 10.1 Å². The Bertz CT molecular complexity index is 1990. The summed E-state index contributed by atoms with van der Waals surface area (Å²) in [5.74, 6) is 1.02. The number of carbonyl (C=O) groups excluding carboxylic acids is 1. The number of hydrogen-bond acceptors (Lipinski definition) is 10. The van der Waals surface area contributed by atoms with Crippen LogP contribution in [0.2, 0.25) is 0 Å². The van der Waals surface area contributed by atoms with Crippen molar-refractivity contribution in [3.05, 3.63) is 124 Å². The van der Waals surface area contributed by atoms with Gasteiger partial charge in [0.2, 0.25) is 0 Å². The molecule has 2 heterocycles. The molecule has 0 saturated carbocycles. The zero-order valence-corrected chi connectivity index (χ0v) is 26.8. The molecule has 1 aliphatic heterocycles. The van der Waals surface area contributed by atoms with Crippen LogP contribution in [0.15, 0.2) is 87.8 Å². The molecule has 0 bridgehead atoms. The van der Waals surface area contributed by atoms with Crippen LogP contribution < -0.4 is 29.1 Å². The molecular formula is C34H33N3O8S. The van der Waals surface area contributed by atoms with Crippen molar-refractivity contribution in [1.82, 2.24) is 4.57 Å². The molecule has 0 aliphatic carbocycles. The monoisotopic (exact) mass is 643 g/mol. The number of methoxy groups -OCH3 is 1. The van der Waals surface area contributed by atoms with E-state index in [4.69, 9.17) is 18.9 Å². The number of benzene rings is 3. The molecule has 11 nitrogen and oxygen atoms in total. The van der Waals surface area contributed by atoms with Crippen LogP contribution in [0.3, 0.4) is 0 Å². The van der Waals surface area contributed by atoms with Crippen molar-refractivity contribution in [1.29, 1.82) is 0 Å². The van der Waals surface area contributed by atoms with E-state index in [1.807, 2.05) is 32.0 Å². The third kappa shape index (κ3) is 6.86. The third-order valence-corrected chi connectivity index (χ3v) is 8.07. The van der Waals surface area contributed by atoms with Crippen LogP contribution in [-0.4, -0.2) is 35.3 Å². The Morgan fingerprint density at radius 1 is 1.11 bits per heavy atom. The Balaban J connectivity index is 1.53. The number of ether oxygens (including phenoxy) is 4. The van der Waals surface area contributed by atoms with Crippen molar-refractivity contribution in [3.63, 3.8) is 0 Å². The van der Waals surface area contributed by atoms with E-state index in [0.717, 1.165) is 11.1 Å². The maximum Gasteiger partial charge on any atom is 0.338 e. The predicted octanol–water partition coefficient (Wildman–Crippen LogP) is 5.08. The Kier molecular flexibility index (Phi) is 9.67. The standard InChI is InChI=1S/C34H33N3O8S/c1-6-43-33(39)30-21(4)35-34-36(31(30)24-12-15-27(45-20(2)3)28(18-24)42-5)32(38)29(46-34)17-23-8-7-9-26(16-23)44-19-22-10-13-25(14-11-22)37(40)41/h7-18,20,31H,6,19H2,1-5H3/b29-17+/t31-/m0/s1. The number of nitrogens with zero attached hydrogens (tertiary/aromatic N) is 3. The molecule has 1 aliphatic rings. The average molecular weight is 644 g/mol. The summed E-state index contributed by atoms with van der Waals surface area (Å²) >= 11 is 1.22. The molecule has 1 aromatic heterocycles. The van der Waals surface area contributed by atoms with E-state index >= 15 is 0 Å². The van der Waals surface area contributed by atoms with E-state index < -0.39 is 16.9 Å². The molecule has 0 saturated heterocycles.